The summed E-state index contributed by atoms with van der Waals surface area (Å²) in [6.07, 6.45) is 5.73. The number of primary amides is 1. The number of halogens is 1. The molecule has 0 saturated heterocycles. The second kappa shape index (κ2) is 8.44. The number of carbonyl (C=O) groups is 1. The predicted molar refractivity (Wildman–Crippen MR) is 112 cm³/mol. The van der Waals surface area contributed by atoms with E-state index in [9.17, 15) is 14.0 Å². The summed E-state index contributed by atoms with van der Waals surface area (Å²) in [4.78, 5) is 34.0. The first-order chi connectivity index (χ1) is 14.5. The molecule has 1 aromatic carbocycles. The van der Waals surface area contributed by atoms with Crippen molar-refractivity contribution in [1.82, 2.24) is 15.0 Å². The van der Waals surface area contributed by atoms with Crippen molar-refractivity contribution in [3.05, 3.63) is 65.0 Å². The monoisotopic (exact) mass is 407 g/mol. The van der Waals surface area contributed by atoms with Crippen molar-refractivity contribution in [2.75, 3.05) is 5.32 Å². The molecule has 3 aromatic rings. The van der Waals surface area contributed by atoms with Crippen molar-refractivity contribution < 1.29 is 9.18 Å². The summed E-state index contributed by atoms with van der Waals surface area (Å²) in [6, 6.07) is 10.6. The number of benzene rings is 1. The maximum atomic E-state index is 14.5. The fourth-order valence-corrected chi connectivity index (χ4v) is 3.81. The second-order valence-electron chi connectivity index (χ2n) is 7.51. The van der Waals surface area contributed by atoms with E-state index in [2.05, 4.69) is 20.3 Å². The number of carbonyl (C=O) groups excluding carboxylic acids is 1. The first-order valence-electron chi connectivity index (χ1n) is 9.87. The summed E-state index contributed by atoms with van der Waals surface area (Å²) in [6.45, 7) is 0. The molecule has 0 atom stereocenters. The number of aromatic amines is 1. The van der Waals surface area contributed by atoms with E-state index in [-0.39, 0.29) is 29.1 Å². The number of nitrogens with two attached hydrogens (primary N) is 1. The summed E-state index contributed by atoms with van der Waals surface area (Å²) in [7, 11) is 0. The average molecular weight is 407 g/mol. The molecule has 4 rings (SSSR count). The molecule has 2 heterocycles. The number of aromatic nitrogens is 3. The quantitative estimate of drug-likeness (QED) is 0.601. The Bertz CT molecular complexity index is 1120. The molecule has 0 bridgehead atoms. The van der Waals surface area contributed by atoms with Gasteiger partial charge in [-0.25, -0.2) is 14.4 Å². The van der Waals surface area contributed by atoms with E-state index in [1.54, 1.807) is 30.5 Å². The number of rotatable bonds is 5. The molecular weight excluding hydrogens is 385 g/mol. The van der Waals surface area contributed by atoms with Crippen molar-refractivity contribution >= 4 is 11.9 Å². The van der Waals surface area contributed by atoms with Crippen LogP contribution in [-0.4, -0.2) is 26.9 Å². The number of H-pyrrole nitrogens is 1. The molecule has 1 saturated carbocycles. The maximum absolute atomic E-state index is 14.5. The van der Waals surface area contributed by atoms with E-state index in [0.29, 0.717) is 11.5 Å². The lowest BCUT2D eigenvalue weighted by Crippen LogP contribution is -2.32. The van der Waals surface area contributed by atoms with Crippen LogP contribution in [0.2, 0.25) is 0 Å². The van der Waals surface area contributed by atoms with Crippen molar-refractivity contribution in [2.24, 2.45) is 11.7 Å². The van der Waals surface area contributed by atoms with Gasteiger partial charge < -0.3 is 16.0 Å². The minimum absolute atomic E-state index is 0.0827. The molecule has 7 nitrogen and oxygen atoms in total. The van der Waals surface area contributed by atoms with Gasteiger partial charge in [-0.2, -0.15) is 0 Å². The standard InChI is InChI=1S/C22H22FN5O2/c23-18-12-26-22(27-17-6-4-13(5-7-17)21(24)30)28-20(18)16-3-1-2-14(10-16)15-8-9-25-19(29)11-15/h1-3,8-13,17H,4-7H2,(H2,24,30)(H,25,29)(H,26,27,28)/t13-,17-. The van der Waals surface area contributed by atoms with Gasteiger partial charge in [0.15, 0.2) is 5.82 Å². The molecular formula is C22H22FN5O2. The normalized spacial score (nSPS) is 18.7. The van der Waals surface area contributed by atoms with E-state index in [1.165, 1.54) is 6.07 Å². The molecule has 1 fully saturated rings. The van der Waals surface area contributed by atoms with Gasteiger partial charge in [0.1, 0.15) is 5.69 Å². The highest BCUT2D eigenvalue weighted by molar-refractivity contribution is 5.76. The van der Waals surface area contributed by atoms with Gasteiger partial charge in [-0.1, -0.05) is 18.2 Å². The third-order valence-electron chi connectivity index (χ3n) is 5.45. The fraction of sp³-hybridized carbons (Fsp3) is 0.273. The molecule has 1 aliphatic rings. The van der Waals surface area contributed by atoms with E-state index in [0.717, 1.165) is 43.0 Å². The Hall–Kier alpha value is -3.55. The van der Waals surface area contributed by atoms with Crippen molar-refractivity contribution in [2.45, 2.75) is 31.7 Å². The lowest BCUT2D eigenvalue weighted by molar-refractivity contribution is -0.122. The number of nitrogens with zero attached hydrogens (tertiary/aromatic N) is 2. The van der Waals surface area contributed by atoms with Crippen LogP contribution in [-0.2, 0) is 4.79 Å². The largest absolute Gasteiger partial charge is 0.369 e. The third-order valence-corrected chi connectivity index (χ3v) is 5.45. The predicted octanol–water partition coefficient (Wildman–Crippen LogP) is 3.09. The highest BCUT2D eigenvalue weighted by atomic mass is 19.1. The molecule has 1 amide bonds. The van der Waals surface area contributed by atoms with Gasteiger partial charge in [-0.3, -0.25) is 9.59 Å². The van der Waals surface area contributed by atoms with Crippen LogP contribution in [0.15, 0.2) is 53.6 Å². The third kappa shape index (κ3) is 4.37. The smallest absolute Gasteiger partial charge is 0.248 e. The number of amides is 1. The Labute approximate surface area is 172 Å². The van der Waals surface area contributed by atoms with Crippen LogP contribution in [0.5, 0.6) is 0 Å². The van der Waals surface area contributed by atoms with Crippen LogP contribution >= 0.6 is 0 Å². The first-order valence-corrected chi connectivity index (χ1v) is 9.87. The fourth-order valence-electron chi connectivity index (χ4n) is 3.81. The van der Waals surface area contributed by atoms with Crippen LogP contribution < -0.4 is 16.6 Å². The van der Waals surface area contributed by atoms with Gasteiger partial charge in [-0.05, 0) is 48.9 Å². The average Bonchev–Trinajstić information content (AvgIpc) is 2.75. The Morgan fingerprint density at radius 3 is 2.57 bits per heavy atom. The van der Waals surface area contributed by atoms with Crippen LogP contribution in [0.4, 0.5) is 10.3 Å². The van der Waals surface area contributed by atoms with Crippen LogP contribution in [0.25, 0.3) is 22.4 Å². The second-order valence-corrected chi connectivity index (χ2v) is 7.51. The lowest BCUT2D eigenvalue weighted by Gasteiger charge is -2.27. The van der Waals surface area contributed by atoms with Gasteiger partial charge in [0, 0.05) is 29.8 Å². The van der Waals surface area contributed by atoms with Crippen molar-refractivity contribution in [1.29, 1.82) is 0 Å². The molecule has 0 spiro atoms. The minimum Gasteiger partial charge on any atom is -0.369 e. The van der Waals surface area contributed by atoms with Crippen LogP contribution in [0.1, 0.15) is 25.7 Å². The van der Waals surface area contributed by atoms with E-state index in [1.807, 2.05) is 6.07 Å². The number of anilines is 1. The summed E-state index contributed by atoms with van der Waals surface area (Å²) < 4.78 is 14.5. The summed E-state index contributed by atoms with van der Waals surface area (Å²) in [5.41, 5.74) is 7.48. The molecule has 0 radical (unpaired) electrons. The highest BCUT2D eigenvalue weighted by Crippen LogP contribution is 2.28. The Morgan fingerprint density at radius 2 is 1.83 bits per heavy atom. The number of hydrogen-bond acceptors (Lipinski definition) is 5. The Kier molecular flexibility index (Phi) is 5.56. The number of hydrogen-bond donors (Lipinski definition) is 3. The summed E-state index contributed by atoms with van der Waals surface area (Å²) >= 11 is 0. The van der Waals surface area contributed by atoms with Gasteiger partial charge in [-0.15, -0.1) is 0 Å². The zero-order chi connectivity index (χ0) is 21.1. The zero-order valence-electron chi connectivity index (χ0n) is 16.3. The Balaban J connectivity index is 1.56. The molecule has 154 valence electrons. The van der Waals surface area contributed by atoms with Crippen LogP contribution in [0, 0.1) is 11.7 Å². The highest BCUT2D eigenvalue weighted by Gasteiger charge is 2.25. The van der Waals surface area contributed by atoms with Crippen molar-refractivity contribution in [3.8, 4) is 22.4 Å². The van der Waals surface area contributed by atoms with E-state index in [4.69, 9.17) is 5.73 Å². The van der Waals surface area contributed by atoms with E-state index >= 15 is 0 Å². The van der Waals surface area contributed by atoms with Gasteiger partial charge >= 0.3 is 0 Å². The summed E-state index contributed by atoms with van der Waals surface area (Å²) in [5, 5.41) is 3.25. The Morgan fingerprint density at radius 1 is 1.10 bits per heavy atom. The topological polar surface area (TPSA) is 114 Å². The molecule has 30 heavy (non-hydrogen) atoms. The van der Waals surface area contributed by atoms with E-state index < -0.39 is 5.82 Å². The number of pyridine rings is 1. The molecule has 0 unspecified atom stereocenters. The zero-order valence-corrected chi connectivity index (χ0v) is 16.3. The lowest BCUT2D eigenvalue weighted by atomic mass is 9.86. The molecule has 0 aliphatic heterocycles. The molecule has 4 N–H and O–H groups in total. The van der Waals surface area contributed by atoms with Gasteiger partial charge in [0.05, 0.1) is 6.20 Å². The van der Waals surface area contributed by atoms with Crippen molar-refractivity contribution in [3.63, 3.8) is 0 Å². The molecule has 1 aliphatic carbocycles. The maximum Gasteiger partial charge on any atom is 0.248 e. The first kappa shape index (κ1) is 19.8. The minimum atomic E-state index is -0.527. The SMILES string of the molecule is NC(=O)[C@H]1CC[C@H](Nc2ncc(F)c(-c3cccc(-c4cc[nH]c(=O)c4)c3)n2)CC1. The molecule has 8 heteroatoms. The van der Waals surface area contributed by atoms with Gasteiger partial charge in [0.25, 0.3) is 0 Å². The van der Waals surface area contributed by atoms with Gasteiger partial charge in [0.2, 0.25) is 17.4 Å². The summed E-state index contributed by atoms with van der Waals surface area (Å²) in [5.74, 6) is -0.522. The molecule has 2 aromatic heterocycles. The number of nitrogens with one attached hydrogen (secondary N) is 2. The van der Waals surface area contributed by atoms with Crippen LogP contribution in [0.3, 0.4) is 0 Å².